The molecule has 1 N–H and O–H groups in total. The molecule has 0 saturated carbocycles. The molecular weight excluding hydrogens is 402 g/mol. The maximum Gasteiger partial charge on any atom is 0.239 e. The number of nitrogens with zero attached hydrogens (tertiary/aromatic N) is 4. The zero-order valence-electron chi connectivity index (χ0n) is 15.9. The second kappa shape index (κ2) is 8.59. The molecule has 4 aromatic rings. The van der Waals surface area contributed by atoms with Gasteiger partial charge in [0.2, 0.25) is 5.91 Å². The summed E-state index contributed by atoms with van der Waals surface area (Å²) in [5.41, 5.74) is 3.99. The van der Waals surface area contributed by atoms with E-state index >= 15 is 0 Å². The molecule has 0 radical (unpaired) electrons. The molecule has 146 valence electrons. The maximum atomic E-state index is 12.7. The summed E-state index contributed by atoms with van der Waals surface area (Å²) < 4.78 is 1.90. The molecule has 0 saturated heterocycles. The predicted molar refractivity (Wildman–Crippen MR) is 118 cm³/mol. The molecule has 0 aliphatic rings. The first-order valence-corrected chi connectivity index (χ1v) is 10.8. The number of anilines is 1. The van der Waals surface area contributed by atoms with Gasteiger partial charge in [0.05, 0.1) is 16.6 Å². The van der Waals surface area contributed by atoms with Gasteiger partial charge in [-0.15, -0.1) is 21.5 Å². The van der Waals surface area contributed by atoms with Crippen LogP contribution in [0, 0.1) is 6.92 Å². The Kier molecular flexibility index (Phi) is 5.73. The Hall–Kier alpha value is -2.97. The van der Waals surface area contributed by atoms with Crippen LogP contribution in [0.25, 0.3) is 16.9 Å². The third-order valence-electron chi connectivity index (χ3n) is 4.35. The monoisotopic (exact) mass is 421 g/mol. The third kappa shape index (κ3) is 4.38. The number of rotatable bonds is 6. The Bertz CT molecular complexity index is 1120. The number of amides is 1. The summed E-state index contributed by atoms with van der Waals surface area (Å²) in [5, 5.41) is 14.0. The predicted octanol–water partition coefficient (Wildman–Crippen LogP) is 4.82. The van der Waals surface area contributed by atoms with Crippen LogP contribution in [0.4, 0.5) is 5.13 Å². The van der Waals surface area contributed by atoms with Crippen molar-refractivity contribution in [3.63, 3.8) is 0 Å². The Morgan fingerprint density at radius 1 is 1.14 bits per heavy atom. The number of nitrogens with one attached hydrogen (secondary N) is 1. The number of benzene rings is 2. The quantitative estimate of drug-likeness (QED) is 0.452. The fraction of sp³-hybridized carbons (Fsp3) is 0.143. The standard InChI is InChI=1S/C21H19N5OS2/c1-14-8-6-7-11-18(14)26-13-22-25-21(26)29-15(2)19(27)24-20-23-17(12-28-20)16-9-4-3-5-10-16/h3-13,15H,1-2H3,(H,23,24,27). The first kappa shape index (κ1) is 19.4. The van der Waals surface area contributed by atoms with Gasteiger partial charge < -0.3 is 5.32 Å². The van der Waals surface area contributed by atoms with Gasteiger partial charge in [0.15, 0.2) is 10.3 Å². The van der Waals surface area contributed by atoms with Crippen LogP contribution in [0.15, 0.2) is 71.5 Å². The van der Waals surface area contributed by atoms with Gasteiger partial charge in [-0.1, -0.05) is 60.3 Å². The Morgan fingerprint density at radius 3 is 2.69 bits per heavy atom. The highest BCUT2D eigenvalue weighted by Gasteiger charge is 2.20. The molecule has 2 aromatic heterocycles. The molecule has 2 heterocycles. The van der Waals surface area contributed by atoms with Crippen LogP contribution in [0.2, 0.25) is 0 Å². The van der Waals surface area contributed by atoms with Gasteiger partial charge in [-0.25, -0.2) is 4.98 Å². The molecule has 1 atom stereocenters. The Labute approximate surface area is 177 Å². The lowest BCUT2D eigenvalue weighted by Crippen LogP contribution is -2.22. The summed E-state index contributed by atoms with van der Waals surface area (Å²) in [6, 6.07) is 17.9. The van der Waals surface area contributed by atoms with Crippen molar-refractivity contribution in [2.24, 2.45) is 0 Å². The number of aryl methyl sites for hydroxylation is 1. The van der Waals surface area contributed by atoms with Crippen LogP contribution >= 0.6 is 23.1 Å². The van der Waals surface area contributed by atoms with E-state index in [4.69, 9.17) is 0 Å². The fourth-order valence-corrected chi connectivity index (χ4v) is 4.35. The van der Waals surface area contributed by atoms with Gasteiger partial charge in [-0.2, -0.15) is 0 Å². The van der Waals surface area contributed by atoms with Crippen molar-refractivity contribution in [3.8, 4) is 16.9 Å². The topological polar surface area (TPSA) is 72.7 Å². The van der Waals surface area contributed by atoms with Crippen LogP contribution in [0.3, 0.4) is 0 Å². The second-order valence-electron chi connectivity index (χ2n) is 6.42. The summed E-state index contributed by atoms with van der Waals surface area (Å²) in [5.74, 6) is -0.122. The van der Waals surface area contributed by atoms with Gasteiger partial charge in [0, 0.05) is 10.9 Å². The lowest BCUT2D eigenvalue weighted by Gasteiger charge is -2.12. The highest BCUT2D eigenvalue weighted by atomic mass is 32.2. The Balaban J connectivity index is 1.44. The summed E-state index contributed by atoms with van der Waals surface area (Å²) in [4.78, 5) is 17.2. The summed E-state index contributed by atoms with van der Waals surface area (Å²) in [6.45, 7) is 3.88. The molecule has 2 aromatic carbocycles. The molecule has 0 spiro atoms. The van der Waals surface area contributed by atoms with Gasteiger partial charge in [-0.3, -0.25) is 9.36 Å². The number of thioether (sulfide) groups is 1. The van der Waals surface area contributed by atoms with E-state index in [-0.39, 0.29) is 11.2 Å². The zero-order valence-corrected chi connectivity index (χ0v) is 17.6. The van der Waals surface area contributed by atoms with E-state index in [1.807, 2.05) is 78.4 Å². The first-order valence-electron chi connectivity index (χ1n) is 9.06. The van der Waals surface area contributed by atoms with E-state index in [9.17, 15) is 4.79 Å². The minimum absolute atomic E-state index is 0.122. The number of carbonyl (C=O) groups is 1. The normalized spacial score (nSPS) is 11.9. The van der Waals surface area contributed by atoms with Gasteiger partial charge >= 0.3 is 0 Å². The molecule has 29 heavy (non-hydrogen) atoms. The lowest BCUT2D eigenvalue weighted by molar-refractivity contribution is -0.115. The van der Waals surface area contributed by atoms with Crippen molar-refractivity contribution in [1.29, 1.82) is 0 Å². The number of para-hydroxylation sites is 1. The molecule has 6 nitrogen and oxygen atoms in total. The van der Waals surface area contributed by atoms with Crippen molar-refractivity contribution >= 4 is 34.1 Å². The molecule has 1 amide bonds. The van der Waals surface area contributed by atoms with E-state index in [1.54, 1.807) is 6.33 Å². The summed E-state index contributed by atoms with van der Waals surface area (Å²) in [6.07, 6.45) is 1.67. The highest BCUT2D eigenvalue weighted by Crippen LogP contribution is 2.28. The molecule has 1 unspecified atom stereocenters. The van der Waals surface area contributed by atoms with Crippen molar-refractivity contribution in [1.82, 2.24) is 19.7 Å². The van der Waals surface area contributed by atoms with Crippen molar-refractivity contribution < 1.29 is 4.79 Å². The summed E-state index contributed by atoms with van der Waals surface area (Å²) >= 11 is 2.78. The summed E-state index contributed by atoms with van der Waals surface area (Å²) in [7, 11) is 0. The van der Waals surface area contributed by atoms with E-state index in [0.717, 1.165) is 22.5 Å². The van der Waals surface area contributed by atoms with E-state index in [0.29, 0.717) is 10.3 Å². The van der Waals surface area contributed by atoms with Crippen molar-refractivity contribution in [2.75, 3.05) is 5.32 Å². The third-order valence-corrected chi connectivity index (χ3v) is 6.16. The van der Waals surface area contributed by atoms with E-state index in [2.05, 4.69) is 20.5 Å². The zero-order chi connectivity index (χ0) is 20.2. The SMILES string of the molecule is Cc1ccccc1-n1cnnc1SC(C)C(=O)Nc1nc(-c2ccccc2)cs1. The Morgan fingerprint density at radius 2 is 1.90 bits per heavy atom. The number of hydrogen-bond acceptors (Lipinski definition) is 6. The molecule has 0 bridgehead atoms. The minimum atomic E-state index is -0.356. The van der Waals surface area contributed by atoms with Crippen LogP contribution in [0.5, 0.6) is 0 Å². The fourth-order valence-electron chi connectivity index (χ4n) is 2.80. The number of hydrogen-bond donors (Lipinski definition) is 1. The molecule has 0 aliphatic carbocycles. The van der Waals surface area contributed by atoms with Gasteiger partial charge in [0.25, 0.3) is 0 Å². The second-order valence-corrected chi connectivity index (χ2v) is 8.59. The minimum Gasteiger partial charge on any atom is -0.301 e. The van der Waals surface area contributed by atoms with Crippen LogP contribution in [0.1, 0.15) is 12.5 Å². The van der Waals surface area contributed by atoms with Crippen molar-refractivity contribution in [2.45, 2.75) is 24.3 Å². The molecule has 0 aliphatic heterocycles. The van der Waals surface area contributed by atoms with Crippen LogP contribution in [-0.2, 0) is 4.79 Å². The number of carbonyl (C=O) groups excluding carboxylic acids is 1. The smallest absolute Gasteiger partial charge is 0.239 e. The van der Waals surface area contributed by atoms with Gasteiger partial charge in [0.1, 0.15) is 6.33 Å². The number of aromatic nitrogens is 4. The molecule has 4 rings (SSSR count). The van der Waals surface area contributed by atoms with E-state index in [1.165, 1.54) is 23.1 Å². The lowest BCUT2D eigenvalue weighted by atomic mass is 10.2. The first-order chi connectivity index (χ1) is 14.1. The maximum absolute atomic E-state index is 12.7. The molecular formula is C21H19N5OS2. The average Bonchev–Trinajstić information content (AvgIpc) is 3.39. The van der Waals surface area contributed by atoms with Crippen LogP contribution < -0.4 is 5.32 Å². The van der Waals surface area contributed by atoms with E-state index < -0.39 is 0 Å². The van der Waals surface area contributed by atoms with Gasteiger partial charge in [-0.05, 0) is 25.5 Å². The molecule has 8 heteroatoms. The molecule has 0 fully saturated rings. The largest absolute Gasteiger partial charge is 0.301 e. The average molecular weight is 422 g/mol. The van der Waals surface area contributed by atoms with Crippen molar-refractivity contribution in [3.05, 3.63) is 71.9 Å². The highest BCUT2D eigenvalue weighted by molar-refractivity contribution is 8.00. The number of thiazole rings is 1. The van der Waals surface area contributed by atoms with Crippen LogP contribution in [-0.4, -0.2) is 30.9 Å².